The molecule has 2 atom stereocenters. The van der Waals surface area contributed by atoms with Crippen molar-refractivity contribution in [2.75, 3.05) is 6.54 Å². The van der Waals surface area contributed by atoms with Crippen LogP contribution in [0.4, 0.5) is 0 Å². The summed E-state index contributed by atoms with van der Waals surface area (Å²) in [6, 6.07) is 6.75. The van der Waals surface area contributed by atoms with Gasteiger partial charge in [-0.25, -0.2) is 0 Å². The normalized spacial score (nSPS) is 20.2. The Labute approximate surface area is 138 Å². The van der Waals surface area contributed by atoms with Crippen molar-refractivity contribution in [1.29, 1.82) is 5.26 Å². The number of benzene rings is 1. The predicted octanol–water partition coefficient (Wildman–Crippen LogP) is 2.53. The van der Waals surface area contributed by atoms with Crippen LogP contribution in [-0.4, -0.2) is 24.4 Å². The number of hydrogen-bond acceptors (Lipinski definition) is 3. The first-order valence-corrected chi connectivity index (χ1v) is 7.67. The van der Waals surface area contributed by atoms with Crippen LogP contribution in [0.3, 0.4) is 0 Å². The number of nitrogens with zero attached hydrogens (tertiary/aromatic N) is 1. The van der Waals surface area contributed by atoms with Crippen LogP contribution in [0, 0.1) is 17.2 Å². The second-order valence-electron chi connectivity index (χ2n) is 5.21. The highest BCUT2D eigenvalue weighted by atomic mass is 35.5. The van der Waals surface area contributed by atoms with Crippen LogP contribution in [0.25, 0.3) is 0 Å². The molecule has 7 heteroatoms. The van der Waals surface area contributed by atoms with E-state index in [9.17, 15) is 9.59 Å². The SMILES string of the molecule is N#C[C@H]1CC[C@H](NC(=O)CNC(=O)c2ccc(Cl)cc2Cl)C1. The molecule has 1 aromatic rings. The number of halogens is 2. The molecule has 2 rings (SSSR count). The minimum absolute atomic E-state index is 0.00719. The van der Waals surface area contributed by atoms with E-state index in [0.717, 1.165) is 12.8 Å². The summed E-state index contributed by atoms with van der Waals surface area (Å²) in [7, 11) is 0. The molecule has 1 aliphatic rings. The van der Waals surface area contributed by atoms with E-state index in [2.05, 4.69) is 16.7 Å². The molecule has 1 saturated carbocycles. The lowest BCUT2D eigenvalue weighted by atomic mass is 10.1. The quantitative estimate of drug-likeness (QED) is 0.884. The average molecular weight is 340 g/mol. The van der Waals surface area contributed by atoms with Crippen molar-refractivity contribution in [3.05, 3.63) is 33.8 Å². The monoisotopic (exact) mass is 339 g/mol. The molecule has 0 radical (unpaired) electrons. The van der Waals surface area contributed by atoms with Gasteiger partial charge in [-0.05, 0) is 37.5 Å². The molecule has 116 valence electrons. The molecule has 0 unspecified atom stereocenters. The molecule has 2 N–H and O–H groups in total. The second-order valence-corrected chi connectivity index (χ2v) is 6.05. The zero-order chi connectivity index (χ0) is 16.1. The van der Waals surface area contributed by atoms with Gasteiger partial charge < -0.3 is 10.6 Å². The summed E-state index contributed by atoms with van der Waals surface area (Å²) in [5, 5.41) is 14.8. The van der Waals surface area contributed by atoms with Gasteiger partial charge in [0.1, 0.15) is 0 Å². The Morgan fingerprint density at radius 2 is 2.09 bits per heavy atom. The third-order valence-electron chi connectivity index (χ3n) is 3.57. The first-order valence-electron chi connectivity index (χ1n) is 6.92. The van der Waals surface area contributed by atoms with E-state index in [1.54, 1.807) is 6.07 Å². The van der Waals surface area contributed by atoms with Gasteiger partial charge in [-0.2, -0.15) is 5.26 Å². The van der Waals surface area contributed by atoms with Crippen molar-refractivity contribution in [1.82, 2.24) is 10.6 Å². The van der Waals surface area contributed by atoms with Gasteiger partial charge in [0.15, 0.2) is 0 Å². The Morgan fingerprint density at radius 1 is 1.32 bits per heavy atom. The molecule has 0 heterocycles. The molecule has 22 heavy (non-hydrogen) atoms. The van der Waals surface area contributed by atoms with Crippen molar-refractivity contribution < 1.29 is 9.59 Å². The van der Waals surface area contributed by atoms with Crippen molar-refractivity contribution in [2.45, 2.75) is 25.3 Å². The fourth-order valence-corrected chi connectivity index (χ4v) is 2.93. The maximum absolute atomic E-state index is 12.0. The van der Waals surface area contributed by atoms with Crippen LogP contribution in [0.15, 0.2) is 18.2 Å². The summed E-state index contributed by atoms with van der Waals surface area (Å²) in [5.41, 5.74) is 0.268. The molecule has 0 saturated heterocycles. The standard InChI is InChI=1S/C15H15Cl2N3O2/c16-10-2-4-12(13(17)6-10)15(22)19-8-14(21)20-11-3-1-9(5-11)7-18/h2,4,6,9,11H,1,3,5,8H2,(H,19,22)(H,20,21)/t9-,11-/m0/s1. The Morgan fingerprint density at radius 3 is 2.73 bits per heavy atom. The van der Waals surface area contributed by atoms with E-state index in [0.29, 0.717) is 11.4 Å². The average Bonchev–Trinajstić information content (AvgIpc) is 2.92. The van der Waals surface area contributed by atoms with Crippen molar-refractivity contribution in [3.63, 3.8) is 0 Å². The van der Waals surface area contributed by atoms with E-state index in [4.69, 9.17) is 28.5 Å². The number of amides is 2. The van der Waals surface area contributed by atoms with E-state index in [1.807, 2.05) is 0 Å². The van der Waals surface area contributed by atoms with Crippen LogP contribution in [-0.2, 0) is 4.79 Å². The van der Waals surface area contributed by atoms with Crippen molar-refractivity contribution in [2.24, 2.45) is 5.92 Å². The van der Waals surface area contributed by atoms with Crippen LogP contribution < -0.4 is 10.6 Å². The molecule has 0 aliphatic heterocycles. The van der Waals surface area contributed by atoms with Gasteiger partial charge in [0.05, 0.1) is 23.2 Å². The lowest BCUT2D eigenvalue weighted by molar-refractivity contribution is -0.120. The molecule has 0 bridgehead atoms. The van der Waals surface area contributed by atoms with Gasteiger partial charge >= 0.3 is 0 Å². The summed E-state index contributed by atoms with van der Waals surface area (Å²) in [4.78, 5) is 23.8. The zero-order valence-electron chi connectivity index (χ0n) is 11.7. The third-order valence-corrected chi connectivity index (χ3v) is 4.11. The molecule has 2 amide bonds. The lowest BCUT2D eigenvalue weighted by Crippen LogP contribution is -2.41. The van der Waals surface area contributed by atoms with E-state index in [1.165, 1.54) is 12.1 Å². The number of carbonyl (C=O) groups excluding carboxylic acids is 2. The van der Waals surface area contributed by atoms with Gasteiger partial charge in [-0.3, -0.25) is 9.59 Å². The van der Waals surface area contributed by atoms with Crippen LogP contribution in [0.1, 0.15) is 29.6 Å². The Bertz CT molecular complexity index is 628. The summed E-state index contributed by atoms with van der Waals surface area (Å²) in [6.07, 6.45) is 2.26. The highest BCUT2D eigenvalue weighted by Crippen LogP contribution is 2.24. The molecule has 0 spiro atoms. The van der Waals surface area contributed by atoms with Gasteiger partial charge in [0.2, 0.25) is 5.91 Å². The van der Waals surface area contributed by atoms with Gasteiger partial charge in [0, 0.05) is 17.0 Å². The van der Waals surface area contributed by atoms with Crippen LogP contribution >= 0.6 is 23.2 Å². The number of rotatable bonds is 4. The highest BCUT2D eigenvalue weighted by molar-refractivity contribution is 6.36. The van der Waals surface area contributed by atoms with Crippen molar-refractivity contribution >= 4 is 35.0 Å². The predicted molar refractivity (Wildman–Crippen MR) is 83.7 cm³/mol. The van der Waals surface area contributed by atoms with Gasteiger partial charge in [-0.1, -0.05) is 23.2 Å². The Balaban J connectivity index is 1.81. The van der Waals surface area contributed by atoms with Gasteiger partial charge in [-0.15, -0.1) is 0 Å². The Kier molecular flexibility index (Phi) is 5.64. The maximum atomic E-state index is 12.0. The van der Waals surface area contributed by atoms with E-state index < -0.39 is 5.91 Å². The molecule has 1 aliphatic carbocycles. The van der Waals surface area contributed by atoms with Gasteiger partial charge in [0.25, 0.3) is 5.91 Å². The first kappa shape index (κ1) is 16.6. The number of nitriles is 1. The Hall–Kier alpha value is -1.77. The zero-order valence-corrected chi connectivity index (χ0v) is 13.2. The van der Waals surface area contributed by atoms with Crippen LogP contribution in [0.2, 0.25) is 10.0 Å². The molecule has 0 aromatic heterocycles. The lowest BCUT2D eigenvalue weighted by Gasteiger charge is -2.12. The summed E-state index contributed by atoms with van der Waals surface area (Å²) in [5.74, 6) is -0.701. The molecule has 1 aromatic carbocycles. The number of carbonyl (C=O) groups is 2. The maximum Gasteiger partial charge on any atom is 0.253 e. The van der Waals surface area contributed by atoms with Crippen molar-refractivity contribution in [3.8, 4) is 6.07 Å². The molecule has 1 fully saturated rings. The fraction of sp³-hybridized carbons (Fsp3) is 0.400. The molecule has 5 nitrogen and oxygen atoms in total. The molecular weight excluding hydrogens is 325 g/mol. The first-order chi connectivity index (χ1) is 10.5. The van der Waals surface area contributed by atoms with E-state index >= 15 is 0 Å². The third kappa shape index (κ3) is 4.36. The summed E-state index contributed by atoms with van der Waals surface area (Å²) >= 11 is 11.7. The van der Waals surface area contributed by atoms with E-state index in [-0.39, 0.29) is 35.0 Å². The van der Waals surface area contributed by atoms with Crippen LogP contribution in [0.5, 0.6) is 0 Å². The fourth-order valence-electron chi connectivity index (χ4n) is 2.44. The number of nitrogens with one attached hydrogen (secondary N) is 2. The highest BCUT2D eigenvalue weighted by Gasteiger charge is 2.25. The number of hydrogen-bond donors (Lipinski definition) is 2. The summed E-state index contributed by atoms with van der Waals surface area (Å²) in [6.45, 7) is -0.133. The topological polar surface area (TPSA) is 82.0 Å². The second kappa shape index (κ2) is 7.48. The minimum Gasteiger partial charge on any atom is -0.352 e. The minimum atomic E-state index is -0.432. The smallest absolute Gasteiger partial charge is 0.253 e. The largest absolute Gasteiger partial charge is 0.352 e. The summed E-state index contributed by atoms with van der Waals surface area (Å²) < 4.78 is 0. The molecular formula is C15H15Cl2N3O2.